The van der Waals surface area contributed by atoms with Crippen LogP contribution in [0.3, 0.4) is 0 Å². The summed E-state index contributed by atoms with van der Waals surface area (Å²) >= 11 is 0. The molecule has 250 valence electrons. The minimum Gasteiger partial charge on any atom is -0.437 e. The number of likely N-dealkylation sites (N-methyl/N-ethyl adjacent to an activating group) is 1. The number of rotatable bonds is 18. The summed E-state index contributed by atoms with van der Waals surface area (Å²) in [6.45, 7) is 28.6. The summed E-state index contributed by atoms with van der Waals surface area (Å²) in [4.78, 5) is 2.39. The Balaban J connectivity index is -0.0000000823. The van der Waals surface area contributed by atoms with Crippen LogP contribution in [0.25, 0.3) is 0 Å². The van der Waals surface area contributed by atoms with Gasteiger partial charge >= 0.3 is 17.1 Å². The highest BCUT2D eigenvalue weighted by Crippen LogP contribution is 2.27. The molecular formula is C27H83N5O3Si4. The van der Waals surface area contributed by atoms with Gasteiger partial charge in [-0.1, -0.05) is 51.5 Å². The zero-order chi connectivity index (χ0) is 26.2. The van der Waals surface area contributed by atoms with Gasteiger partial charge < -0.3 is 39.3 Å². The molecule has 0 aromatic rings. The van der Waals surface area contributed by atoms with E-state index in [1.165, 1.54) is 13.0 Å². The van der Waals surface area contributed by atoms with Crippen molar-refractivity contribution in [2.45, 2.75) is 129 Å². The van der Waals surface area contributed by atoms with Crippen LogP contribution in [-0.4, -0.2) is 91.6 Å². The zero-order valence-electron chi connectivity index (χ0n) is 23.9. The highest BCUT2D eigenvalue weighted by molar-refractivity contribution is 6.89. The van der Waals surface area contributed by atoms with E-state index in [9.17, 15) is 0 Å². The first-order valence-corrected chi connectivity index (χ1v) is 24.8. The van der Waals surface area contributed by atoms with Gasteiger partial charge in [0.05, 0.1) is 0 Å². The van der Waals surface area contributed by atoms with Gasteiger partial charge in [-0.15, -0.1) is 0 Å². The average molecular weight is 638 g/mol. The Morgan fingerprint density at radius 3 is 1.51 bits per heavy atom. The lowest BCUT2D eigenvalue weighted by molar-refractivity contribution is 0.283. The van der Waals surface area contributed by atoms with Gasteiger partial charge in [0, 0.05) is 32.8 Å². The zero-order valence-corrected chi connectivity index (χ0v) is 27.9. The van der Waals surface area contributed by atoms with Crippen molar-refractivity contribution in [3.05, 3.63) is 0 Å². The second kappa shape index (κ2) is 30.0. The quantitative estimate of drug-likeness (QED) is 0.0718. The molecule has 0 aliphatic carbocycles. The molecule has 8 nitrogen and oxygen atoms in total. The lowest BCUT2D eigenvalue weighted by Crippen LogP contribution is -2.56. The van der Waals surface area contributed by atoms with Crippen molar-refractivity contribution >= 4 is 33.8 Å². The molecule has 1 unspecified atom stereocenters. The molecule has 0 aliphatic rings. The first kappa shape index (κ1) is 59.0. The SMILES string of the molecule is C.C.C.C.C.C.CCCN(CCN)CCNC.C[Si](C)(C)O[Si](C)(C)O[Si](C)(CCCNCN)O[Si](C)(C)C. The first-order chi connectivity index (χ1) is 15.0. The van der Waals surface area contributed by atoms with E-state index < -0.39 is 33.8 Å². The van der Waals surface area contributed by atoms with Crippen molar-refractivity contribution in [3.8, 4) is 0 Å². The molecule has 0 fully saturated rings. The van der Waals surface area contributed by atoms with E-state index in [2.05, 4.69) is 81.4 Å². The van der Waals surface area contributed by atoms with Crippen molar-refractivity contribution in [2.24, 2.45) is 11.5 Å². The Kier molecular flexibility index (Phi) is 45.4. The third-order valence-corrected chi connectivity index (χ3v) is 17.9. The van der Waals surface area contributed by atoms with E-state index in [0.717, 1.165) is 45.2 Å². The van der Waals surface area contributed by atoms with E-state index in [1.807, 2.05) is 7.05 Å². The van der Waals surface area contributed by atoms with Gasteiger partial charge in [-0.3, -0.25) is 0 Å². The van der Waals surface area contributed by atoms with Crippen LogP contribution >= 0.6 is 0 Å². The molecule has 1 atom stereocenters. The molecule has 39 heavy (non-hydrogen) atoms. The Bertz CT molecular complexity index is 477. The van der Waals surface area contributed by atoms with Crippen LogP contribution in [0.1, 0.15) is 64.3 Å². The van der Waals surface area contributed by atoms with Crippen molar-refractivity contribution < 1.29 is 12.3 Å². The Labute approximate surface area is 254 Å². The average Bonchev–Trinajstić information content (AvgIpc) is 2.60. The van der Waals surface area contributed by atoms with Crippen LogP contribution in [0, 0.1) is 0 Å². The van der Waals surface area contributed by atoms with E-state index in [-0.39, 0.29) is 44.6 Å². The van der Waals surface area contributed by atoms with Crippen LogP contribution in [0.15, 0.2) is 0 Å². The molecule has 0 aromatic heterocycles. The molecule has 0 aliphatic heterocycles. The molecule has 0 rings (SSSR count). The molecule has 0 saturated carbocycles. The van der Waals surface area contributed by atoms with Crippen LogP contribution in [0.4, 0.5) is 0 Å². The smallest absolute Gasteiger partial charge is 0.315 e. The number of nitrogens with zero attached hydrogens (tertiary/aromatic N) is 1. The molecule has 6 N–H and O–H groups in total. The summed E-state index contributed by atoms with van der Waals surface area (Å²) < 4.78 is 19.5. The maximum Gasteiger partial charge on any atom is 0.315 e. The standard InChI is InChI=1S/C13H38N2O3Si4.C8H21N3.6CH4/c1-19(2,3)16-21(7,8)18-22(9,17-20(4,5)6)12-10-11-15-13-14;1-3-6-11(7-4-9)8-5-10-2;;;;;;/h15H,10-14H2,1-9H3;10H,3-9H2,1-2H3;6*1H4. The second-order valence-corrected chi connectivity index (χ2v) is 27.6. The van der Waals surface area contributed by atoms with E-state index in [1.54, 1.807) is 0 Å². The number of hydrogen-bond donors (Lipinski definition) is 4. The number of hydrogen-bond acceptors (Lipinski definition) is 8. The van der Waals surface area contributed by atoms with Gasteiger partial charge in [0.15, 0.2) is 16.6 Å². The summed E-state index contributed by atoms with van der Waals surface area (Å²) in [5.74, 6) is 0. The predicted molar refractivity (Wildman–Crippen MR) is 196 cm³/mol. The fraction of sp³-hybridized carbons (Fsp3) is 1.00. The Morgan fingerprint density at radius 2 is 1.15 bits per heavy atom. The maximum atomic E-state index is 6.60. The normalized spacial score (nSPS) is 12.5. The van der Waals surface area contributed by atoms with Gasteiger partial charge in [0.2, 0.25) is 0 Å². The predicted octanol–water partition coefficient (Wildman–Crippen LogP) is 7.07. The fourth-order valence-electron chi connectivity index (χ4n) is 3.79. The van der Waals surface area contributed by atoms with Gasteiger partial charge in [0.1, 0.15) is 0 Å². The number of nitrogens with one attached hydrogen (secondary N) is 2. The first-order valence-electron chi connectivity index (χ1n) is 12.6. The topological polar surface area (TPSA) is 107 Å². The van der Waals surface area contributed by atoms with Crippen molar-refractivity contribution in [1.82, 2.24) is 15.5 Å². The number of nitrogens with two attached hydrogens (primary N) is 2. The summed E-state index contributed by atoms with van der Waals surface area (Å²) in [5, 5.41) is 6.30. The van der Waals surface area contributed by atoms with Crippen molar-refractivity contribution in [1.29, 1.82) is 0 Å². The van der Waals surface area contributed by atoms with E-state index in [4.69, 9.17) is 23.8 Å². The fourth-order valence-corrected chi connectivity index (χ4v) is 21.7. The second-order valence-electron chi connectivity index (χ2n) is 11.1. The van der Waals surface area contributed by atoms with Crippen LogP contribution < -0.4 is 22.1 Å². The van der Waals surface area contributed by atoms with Crippen LogP contribution in [0.5, 0.6) is 0 Å². The lowest BCUT2D eigenvalue weighted by Gasteiger charge is -2.41. The van der Waals surface area contributed by atoms with Gasteiger partial charge in [0.25, 0.3) is 0 Å². The Morgan fingerprint density at radius 1 is 0.667 bits per heavy atom. The molecule has 0 amide bonds. The largest absolute Gasteiger partial charge is 0.437 e. The summed E-state index contributed by atoms with van der Waals surface area (Å²) in [6, 6.07) is 0.982. The van der Waals surface area contributed by atoms with Crippen molar-refractivity contribution in [2.75, 3.05) is 53.0 Å². The third-order valence-electron chi connectivity index (χ3n) is 4.33. The Hall–Kier alpha value is 0.548. The molecule has 0 aromatic carbocycles. The summed E-state index contributed by atoms with van der Waals surface area (Å²) in [7, 11) is -5.68. The monoisotopic (exact) mass is 638 g/mol. The molecular weight excluding hydrogens is 555 g/mol. The maximum absolute atomic E-state index is 6.60. The molecule has 0 bridgehead atoms. The third kappa shape index (κ3) is 40.7. The minimum absolute atomic E-state index is 0. The minimum atomic E-state index is -2.23. The molecule has 0 radical (unpaired) electrons. The molecule has 12 heteroatoms. The van der Waals surface area contributed by atoms with Gasteiger partial charge in [-0.05, 0) is 97.9 Å². The lowest BCUT2D eigenvalue weighted by atomic mass is 10.4. The summed E-state index contributed by atoms with van der Waals surface area (Å²) in [6.07, 6.45) is 2.24. The van der Waals surface area contributed by atoms with E-state index in [0.29, 0.717) is 6.67 Å². The molecule has 0 heterocycles. The van der Waals surface area contributed by atoms with Gasteiger partial charge in [-0.25, -0.2) is 0 Å². The van der Waals surface area contributed by atoms with E-state index >= 15 is 0 Å². The highest BCUT2D eigenvalue weighted by Gasteiger charge is 2.44. The van der Waals surface area contributed by atoms with Crippen LogP contribution in [-0.2, 0) is 12.3 Å². The van der Waals surface area contributed by atoms with Gasteiger partial charge in [-0.2, -0.15) is 0 Å². The summed E-state index contributed by atoms with van der Waals surface area (Å²) in [5.41, 5.74) is 11.0. The molecule has 0 spiro atoms. The molecule has 0 saturated heterocycles. The highest BCUT2D eigenvalue weighted by atomic mass is 28.5. The van der Waals surface area contributed by atoms with Crippen LogP contribution in [0.2, 0.25) is 65.0 Å². The van der Waals surface area contributed by atoms with Crippen molar-refractivity contribution in [3.63, 3.8) is 0 Å².